The second-order valence-corrected chi connectivity index (χ2v) is 8.60. The van der Waals surface area contributed by atoms with E-state index in [9.17, 15) is 14.7 Å². The highest BCUT2D eigenvalue weighted by Gasteiger charge is 2.16. The molecule has 0 unspecified atom stereocenters. The van der Waals surface area contributed by atoms with Crippen LogP contribution in [-0.2, 0) is 0 Å². The van der Waals surface area contributed by atoms with E-state index in [1.54, 1.807) is 42.5 Å². The molecule has 0 fully saturated rings. The zero-order chi connectivity index (χ0) is 28.6. The Bertz CT molecular complexity index is 1700. The molecular formula is C30H25N7O4. The molecule has 0 bridgehead atoms. The van der Waals surface area contributed by atoms with E-state index < -0.39 is 12.0 Å². The molecule has 0 radical (unpaired) electrons. The lowest BCUT2D eigenvalue weighted by molar-refractivity contribution is 0.0698. The van der Waals surface area contributed by atoms with E-state index >= 15 is 0 Å². The number of hydrogen-bond acceptors (Lipinski definition) is 8. The average Bonchev–Trinajstić information content (AvgIpc) is 2.98. The first-order valence-corrected chi connectivity index (χ1v) is 12.5. The van der Waals surface area contributed by atoms with Crippen molar-refractivity contribution in [3.05, 3.63) is 109 Å². The second kappa shape index (κ2) is 12.3. The van der Waals surface area contributed by atoms with Gasteiger partial charge in [-0.25, -0.2) is 9.59 Å². The van der Waals surface area contributed by atoms with Gasteiger partial charge in [-0.1, -0.05) is 72.8 Å². The number of carbonyl (C=O) groups excluding carboxylic acids is 1. The summed E-state index contributed by atoms with van der Waals surface area (Å²) in [6.07, 6.45) is 0. The van der Waals surface area contributed by atoms with Crippen molar-refractivity contribution in [2.75, 3.05) is 28.4 Å². The molecule has 204 valence electrons. The van der Waals surface area contributed by atoms with Gasteiger partial charge in [0.1, 0.15) is 5.75 Å². The summed E-state index contributed by atoms with van der Waals surface area (Å²) in [6.45, 7) is 0. The molecule has 0 spiro atoms. The zero-order valence-electron chi connectivity index (χ0n) is 21.8. The smallest absolute Gasteiger partial charge is 0.337 e. The van der Waals surface area contributed by atoms with Gasteiger partial charge in [-0.2, -0.15) is 15.0 Å². The van der Waals surface area contributed by atoms with Gasteiger partial charge in [-0.05, 0) is 35.9 Å². The van der Waals surface area contributed by atoms with Gasteiger partial charge in [0.15, 0.2) is 0 Å². The van der Waals surface area contributed by atoms with E-state index in [-0.39, 0.29) is 29.1 Å². The predicted molar refractivity (Wildman–Crippen MR) is 157 cm³/mol. The highest BCUT2D eigenvalue weighted by Crippen LogP contribution is 2.30. The number of anilines is 6. The van der Waals surface area contributed by atoms with Gasteiger partial charge in [-0.3, -0.25) is 5.32 Å². The van der Waals surface area contributed by atoms with Crippen molar-refractivity contribution in [3.8, 4) is 16.9 Å². The molecule has 0 aliphatic rings. The quantitative estimate of drug-likeness (QED) is 0.142. The zero-order valence-corrected chi connectivity index (χ0v) is 21.8. The molecular weight excluding hydrogens is 522 g/mol. The highest BCUT2D eigenvalue weighted by atomic mass is 16.5. The normalized spacial score (nSPS) is 10.4. The van der Waals surface area contributed by atoms with Crippen molar-refractivity contribution in [2.24, 2.45) is 0 Å². The summed E-state index contributed by atoms with van der Waals surface area (Å²) >= 11 is 0. The number of urea groups is 1. The van der Waals surface area contributed by atoms with Gasteiger partial charge in [0.25, 0.3) is 0 Å². The molecule has 5 aromatic rings. The van der Waals surface area contributed by atoms with E-state index in [4.69, 9.17) is 4.74 Å². The highest BCUT2D eigenvalue weighted by molar-refractivity contribution is 6.00. The summed E-state index contributed by atoms with van der Waals surface area (Å²) < 4.78 is 5.29. The molecule has 2 amide bonds. The van der Waals surface area contributed by atoms with E-state index in [2.05, 4.69) is 36.2 Å². The molecule has 4 aromatic carbocycles. The van der Waals surface area contributed by atoms with Crippen molar-refractivity contribution in [1.82, 2.24) is 15.0 Å². The van der Waals surface area contributed by atoms with E-state index in [1.165, 1.54) is 13.2 Å². The van der Waals surface area contributed by atoms with Crippen LogP contribution in [0, 0.1) is 0 Å². The van der Waals surface area contributed by atoms with Gasteiger partial charge < -0.3 is 25.8 Å². The first-order valence-electron chi connectivity index (χ1n) is 12.5. The number of hydrogen-bond donors (Lipinski definition) is 5. The Kier molecular flexibility index (Phi) is 7.96. The Labute approximate surface area is 235 Å². The molecule has 41 heavy (non-hydrogen) atoms. The van der Waals surface area contributed by atoms with Gasteiger partial charge in [0.05, 0.1) is 24.0 Å². The molecule has 11 heteroatoms. The van der Waals surface area contributed by atoms with Crippen LogP contribution in [0.3, 0.4) is 0 Å². The van der Waals surface area contributed by atoms with Gasteiger partial charge in [-0.15, -0.1) is 0 Å². The predicted octanol–water partition coefficient (Wildman–Crippen LogP) is 6.38. The van der Waals surface area contributed by atoms with Crippen LogP contribution in [0.4, 0.5) is 39.7 Å². The number of carboxylic acid groups (broad SMARTS) is 1. The number of nitrogens with one attached hydrogen (secondary N) is 4. The lowest BCUT2D eigenvalue weighted by atomic mass is 10.0. The minimum Gasteiger partial charge on any atom is -0.495 e. The number of ether oxygens (including phenoxy) is 1. The van der Waals surface area contributed by atoms with Gasteiger partial charge >= 0.3 is 12.0 Å². The number of carboxylic acids is 1. The SMILES string of the molecule is COc1ccccc1NC(=O)Nc1nc(Nc2ccccc2C(=O)O)nc(Nc2ccccc2-c2ccccc2)n1. The second-order valence-electron chi connectivity index (χ2n) is 8.60. The summed E-state index contributed by atoms with van der Waals surface area (Å²) in [6, 6.07) is 30.1. The fourth-order valence-electron chi connectivity index (χ4n) is 4.03. The molecule has 0 saturated carbocycles. The van der Waals surface area contributed by atoms with Crippen molar-refractivity contribution >= 4 is 46.9 Å². The summed E-state index contributed by atoms with van der Waals surface area (Å²) in [5.41, 5.74) is 3.35. The molecule has 0 aliphatic carbocycles. The van der Waals surface area contributed by atoms with Crippen LogP contribution in [0.2, 0.25) is 0 Å². The third-order valence-corrected chi connectivity index (χ3v) is 5.88. The number of benzene rings is 4. The minimum atomic E-state index is -1.12. The van der Waals surface area contributed by atoms with E-state index in [1.807, 2.05) is 54.6 Å². The fraction of sp³-hybridized carbons (Fsp3) is 0.0333. The van der Waals surface area contributed by atoms with Crippen molar-refractivity contribution in [3.63, 3.8) is 0 Å². The van der Waals surface area contributed by atoms with Crippen LogP contribution in [-0.4, -0.2) is 39.2 Å². The molecule has 11 nitrogen and oxygen atoms in total. The Hall–Kier alpha value is -5.97. The number of aromatic carboxylic acids is 1. The van der Waals surface area contributed by atoms with Crippen LogP contribution in [0.25, 0.3) is 11.1 Å². The third-order valence-electron chi connectivity index (χ3n) is 5.88. The summed E-state index contributed by atoms with van der Waals surface area (Å²) in [7, 11) is 1.50. The molecule has 5 N–H and O–H groups in total. The van der Waals surface area contributed by atoms with Crippen LogP contribution in [0.15, 0.2) is 103 Å². The van der Waals surface area contributed by atoms with E-state index in [0.29, 0.717) is 17.1 Å². The van der Waals surface area contributed by atoms with Crippen LogP contribution < -0.4 is 26.0 Å². The molecule has 0 saturated heterocycles. The summed E-state index contributed by atoms with van der Waals surface area (Å²) in [4.78, 5) is 37.8. The standard InChI is InChI=1S/C30H25N7O4/c1-41-25-18-10-9-17-24(25)33-30(40)37-29-35-27(31-22-15-7-5-13-20(22)19-11-3-2-4-12-19)34-28(36-29)32-23-16-8-6-14-21(23)26(38)39/h2-18H,1H3,(H,38,39)(H4,31,32,33,34,35,36,37,40). The number of aromatic nitrogens is 3. The molecule has 1 aromatic heterocycles. The summed E-state index contributed by atoms with van der Waals surface area (Å²) in [5.74, 6) is -0.590. The van der Waals surface area contributed by atoms with Crippen molar-refractivity contribution in [1.29, 1.82) is 0 Å². The largest absolute Gasteiger partial charge is 0.495 e. The Balaban J connectivity index is 1.48. The first-order chi connectivity index (χ1) is 20.0. The lowest BCUT2D eigenvalue weighted by Crippen LogP contribution is -2.22. The molecule has 1 heterocycles. The number of para-hydroxylation sites is 4. The van der Waals surface area contributed by atoms with Crippen LogP contribution in [0.5, 0.6) is 5.75 Å². The topological polar surface area (TPSA) is 150 Å². The fourth-order valence-corrected chi connectivity index (χ4v) is 4.03. The molecule has 0 aliphatic heterocycles. The van der Waals surface area contributed by atoms with Crippen LogP contribution >= 0.6 is 0 Å². The maximum atomic E-state index is 12.9. The Morgan fingerprint density at radius 1 is 0.634 bits per heavy atom. The van der Waals surface area contributed by atoms with Gasteiger partial charge in [0.2, 0.25) is 17.8 Å². The third kappa shape index (κ3) is 6.55. The van der Waals surface area contributed by atoms with Crippen LogP contribution in [0.1, 0.15) is 10.4 Å². The lowest BCUT2D eigenvalue weighted by Gasteiger charge is -2.14. The molecule has 5 rings (SSSR count). The van der Waals surface area contributed by atoms with Crippen molar-refractivity contribution in [2.45, 2.75) is 0 Å². The number of carbonyl (C=O) groups is 2. The maximum Gasteiger partial charge on any atom is 0.337 e. The summed E-state index contributed by atoms with van der Waals surface area (Å²) in [5, 5.41) is 21.1. The number of methoxy groups -OCH3 is 1. The molecule has 0 atom stereocenters. The Morgan fingerprint density at radius 3 is 1.90 bits per heavy atom. The Morgan fingerprint density at radius 2 is 1.20 bits per heavy atom. The van der Waals surface area contributed by atoms with Gasteiger partial charge in [0, 0.05) is 11.3 Å². The van der Waals surface area contributed by atoms with E-state index in [0.717, 1.165) is 11.1 Å². The number of amides is 2. The monoisotopic (exact) mass is 547 g/mol. The number of rotatable bonds is 9. The first kappa shape index (κ1) is 26.6. The average molecular weight is 548 g/mol. The maximum absolute atomic E-state index is 12.9. The van der Waals surface area contributed by atoms with Crippen molar-refractivity contribution < 1.29 is 19.4 Å². The minimum absolute atomic E-state index is 0.0148. The number of nitrogens with zero attached hydrogens (tertiary/aromatic N) is 3.